The first-order chi connectivity index (χ1) is 6.36. The lowest BCUT2D eigenvalue weighted by Crippen LogP contribution is -2.32. The maximum atomic E-state index is 3.53. The van der Waals surface area contributed by atoms with Gasteiger partial charge in [-0.05, 0) is 38.1 Å². The molecule has 1 rings (SSSR count). The largest absolute Gasteiger partial charge is 0.314 e. The van der Waals surface area contributed by atoms with Crippen LogP contribution in [0.4, 0.5) is 0 Å². The number of hydrogen-bond donors (Lipinski definition) is 1. The number of nitrogens with one attached hydrogen (secondary N) is 1. The third-order valence-electron chi connectivity index (χ3n) is 2.92. The molecular formula is C12H27N. The molecule has 0 aliphatic heterocycles. The average Bonchev–Trinajstić information content (AvgIpc) is 2.23. The van der Waals surface area contributed by atoms with Gasteiger partial charge < -0.3 is 5.32 Å². The van der Waals surface area contributed by atoms with Gasteiger partial charge in [0.1, 0.15) is 0 Å². The van der Waals surface area contributed by atoms with E-state index in [9.17, 15) is 0 Å². The Bertz CT molecular complexity index is 93.3. The van der Waals surface area contributed by atoms with Crippen LogP contribution in [0.3, 0.4) is 0 Å². The second kappa shape index (κ2) is 8.55. The Morgan fingerprint density at radius 1 is 1.00 bits per heavy atom. The number of rotatable bonds is 3. The standard InChI is InChI=1S/C10H21N.C2H6/c1-3-9-5-7-10(8-6-9)11-4-2;1-2/h9-11H,3-8H2,1-2H3;1-2H3. The van der Waals surface area contributed by atoms with Gasteiger partial charge in [-0.15, -0.1) is 0 Å². The van der Waals surface area contributed by atoms with E-state index >= 15 is 0 Å². The summed E-state index contributed by atoms with van der Waals surface area (Å²) in [6.07, 6.45) is 7.11. The van der Waals surface area contributed by atoms with E-state index in [2.05, 4.69) is 19.2 Å². The van der Waals surface area contributed by atoms with Crippen LogP contribution in [0.2, 0.25) is 0 Å². The zero-order valence-electron chi connectivity index (χ0n) is 9.90. The summed E-state index contributed by atoms with van der Waals surface area (Å²) < 4.78 is 0. The van der Waals surface area contributed by atoms with Crippen LogP contribution in [0.5, 0.6) is 0 Å². The molecular weight excluding hydrogens is 158 g/mol. The molecule has 0 atom stereocenters. The lowest BCUT2D eigenvalue weighted by Gasteiger charge is -2.28. The first kappa shape index (κ1) is 13.0. The van der Waals surface area contributed by atoms with E-state index in [1.54, 1.807) is 0 Å². The molecule has 0 spiro atoms. The van der Waals surface area contributed by atoms with Crippen LogP contribution in [0.25, 0.3) is 0 Å². The molecule has 80 valence electrons. The maximum Gasteiger partial charge on any atom is 0.00671 e. The van der Waals surface area contributed by atoms with Gasteiger partial charge in [-0.2, -0.15) is 0 Å². The van der Waals surface area contributed by atoms with E-state index in [0.717, 1.165) is 18.5 Å². The highest BCUT2D eigenvalue weighted by Gasteiger charge is 2.18. The summed E-state index contributed by atoms with van der Waals surface area (Å²) in [4.78, 5) is 0. The van der Waals surface area contributed by atoms with Crippen molar-refractivity contribution in [2.45, 2.75) is 65.8 Å². The van der Waals surface area contributed by atoms with E-state index in [-0.39, 0.29) is 0 Å². The Morgan fingerprint density at radius 2 is 1.54 bits per heavy atom. The quantitative estimate of drug-likeness (QED) is 0.708. The molecule has 1 aliphatic rings. The van der Waals surface area contributed by atoms with Gasteiger partial charge in [-0.1, -0.05) is 34.1 Å². The minimum atomic E-state index is 0.836. The van der Waals surface area contributed by atoms with Crippen LogP contribution in [-0.2, 0) is 0 Å². The molecule has 1 saturated carbocycles. The van der Waals surface area contributed by atoms with Crippen molar-refractivity contribution in [2.24, 2.45) is 5.92 Å². The van der Waals surface area contributed by atoms with Gasteiger partial charge in [0.15, 0.2) is 0 Å². The van der Waals surface area contributed by atoms with Crippen LogP contribution in [0.15, 0.2) is 0 Å². The van der Waals surface area contributed by atoms with Crippen LogP contribution in [0.1, 0.15) is 59.8 Å². The molecule has 0 amide bonds. The molecule has 0 saturated heterocycles. The summed E-state index contributed by atoms with van der Waals surface area (Å²) in [6, 6.07) is 0.836. The van der Waals surface area contributed by atoms with E-state index in [1.165, 1.54) is 32.1 Å². The first-order valence-corrected chi connectivity index (χ1v) is 6.10. The summed E-state index contributed by atoms with van der Waals surface area (Å²) in [7, 11) is 0. The summed E-state index contributed by atoms with van der Waals surface area (Å²) >= 11 is 0. The van der Waals surface area contributed by atoms with Gasteiger partial charge in [0, 0.05) is 6.04 Å². The molecule has 0 aromatic heterocycles. The molecule has 1 heteroatoms. The van der Waals surface area contributed by atoms with Gasteiger partial charge in [-0.3, -0.25) is 0 Å². The third-order valence-corrected chi connectivity index (χ3v) is 2.92. The minimum absolute atomic E-state index is 0.836. The van der Waals surface area contributed by atoms with Gasteiger partial charge in [0.25, 0.3) is 0 Å². The lowest BCUT2D eigenvalue weighted by molar-refractivity contribution is 0.289. The molecule has 0 aromatic rings. The topological polar surface area (TPSA) is 12.0 Å². The molecule has 13 heavy (non-hydrogen) atoms. The Morgan fingerprint density at radius 3 is 1.92 bits per heavy atom. The van der Waals surface area contributed by atoms with Gasteiger partial charge in [0.2, 0.25) is 0 Å². The highest BCUT2D eigenvalue weighted by molar-refractivity contribution is 4.75. The zero-order valence-corrected chi connectivity index (χ0v) is 9.90. The van der Waals surface area contributed by atoms with Crippen LogP contribution >= 0.6 is 0 Å². The predicted molar refractivity (Wildman–Crippen MR) is 61.1 cm³/mol. The summed E-state index contributed by atoms with van der Waals surface area (Å²) in [6.45, 7) is 9.66. The maximum absolute atomic E-state index is 3.53. The Balaban J connectivity index is 0.000000671. The normalized spacial score (nSPS) is 27.7. The van der Waals surface area contributed by atoms with Gasteiger partial charge in [-0.25, -0.2) is 0 Å². The molecule has 1 nitrogen and oxygen atoms in total. The van der Waals surface area contributed by atoms with Crippen LogP contribution < -0.4 is 5.32 Å². The smallest absolute Gasteiger partial charge is 0.00671 e. The van der Waals surface area contributed by atoms with E-state index in [1.807, 2.05) is 13.8 Å². The molecule has 1 N–H and O–H groups in total. The van der Waals surface area contributed by atoms with Crippen LogP contribution in [-0.4, -0.2) is 12.6 Å². The third kappa shape index (κ3) is 5.30. The van der Waals surface area contributed by atoms with Crippen molar-refractivity contribution in [3.63, 3.8) is 0 Å². The SMILES string of the molecule is CC.CCNC1CCC(CC)CC1. The van der Waals surface area contributed by atoms with Crippen molar-refractivity contribution in [3.05, 3.63) is 0 Å². The Labute approximate surface area is 84.3 Å². The molecule has 1 aliphatic carbocycles. The molecule has 0 bridgehead atoms. The van der Waals surface area contributed by atoms with Crippen molar-refractivity contribution in [1.82, 2.24) is 5.32 Å². The lowest BCUT2D eigenvalue weighted by atomic mass is 9.84. The predicted octanol–water partition coefficient (Wildman–Crippen LogP) is 3.59. The van der Waals surface area contributed by atoms with Crippen molar-refractivity contribution < 1.29 is 0 Å². The van der Waals surface area contributed by atoms with Gasteiger partial charge >= 0.3 is 0 Å². The van der Waals surface area contributed by atoms with E-state index in [4.69, 9.17) is 0 Å². The van der Waals surface area contributed by atoms with Crippen molar-refractivity contribution >= 4 is 0 Å². The monoisotopic (exact) mass is 185 g/mol. The second-order valence-electron chi connectivity index (χ2n) is 3.68. The fraction of sp³-hybridized carbons (Fsp3) is 1.00. The second-order valence-corrected chi connectivity index (χ2v) is 3.68. The molecule has 0 aromatic carbocycles. The van der Waals surface area contributed by atoms with Crippen molar-refractivity contribution in [3.8, 4) is 0 Å². The summed E-state index contributed by atoms with van der Waals surface area (Å²) in [5.41, 5.74) is 0. The van der Waals surface area contributed by atoms with Gasteiger partial charge in [0.05, 0.1) is 0 Å². The molecule has 0 unspecified atom stereocenters. The highest BCUT2D eigenvalue weighted by atomic mass is 14.9. The minimum Gasteiger partial charge on any atom is -0.314 e. The first-order valence-electron chi connectivity index (χ1n) is 6.10. The van der Waals surface area contributed by atoms with E-state index < -0.39 is 0 Å². The number of hydrogen-bond acceptors (Lipinski definition) is 1. The van der Waals surface area contributed by atoms with Crippen LogP contribution in [0, 0.1) is 5.92 Å². The Hall–Kier alpha value is -0.0400. The van der Waals surface area contributed by atoms with Crippen molar-refractivity contribution in [2.75, 3.05) is 6.54 Å². The highest BCUT2D eigenvalue weighted by Crippen LogP contribution is 2.26. The summed E-state index contributed by atoms with van der Waals surface area (Å²) in [5.74, 6) is 1.03. The molecule has 0 radical (unpaired) electrons. The fourth-order valence-electron chi connectivity index (χ4n) is 2.06. The molecule has 0 heterocycles. The van der Waals surface area contributed by atoms with E-state index in [0.29, 0.717) is 0 Å². The Kier molecular flexibility index (Phi) is 8.53. The average molecular weight is 185 g/mol. The zero-order chi connectivity index (χ0) is 10.1. The van der Waals surface area contributed by atoms with Crippen molar-refractivity contribution in [1.29, 1.82) is 0 Å². The molecule has 1 fully saturated rings. The summed E-state index contributed by atoms with van der Waals surface area (Å²) in [5, 5.41) is 3.53. The fourth-order valence-corrected chi connectivity index (χ4v) is 2.06.